The number of hydrogen-bond acceptors (Lipinski definition) is 7. The molecule has 0 aliphatic rings. The molecule has 0 aliphatic carbocycles. The Kier molecular flexibility index (Phi) is 31.2. The van der Waals surface area contributed by atoms with Crippen molar-refractivity contribution in [3.8, 4) is 5.75 Å². The second-order valence-corrected chi connectivity index (χ2v) is 15.4. The zero-order valence-electron chi connectivity index (χ0n) is 30.3. The molecule has 0 radical (unpaired) electrons. The van der Waals surface area contributed by atoms with Gasteiger partial charge < -0.3 is 19.3 Å². The van der Waals surface area contributed by atoms with Crippen LogP contribution >= 0.6 is 0 Å². The van der Waals surface area contributed by atoms with Crippen LogP contribution in [0.15, 0.2) is 30.3 Å². The SMILES string of the molecule is O=C(O)/C=C/c1ccc(OCCCCCCCCCCOCCCCCCCCCCOCCCCCCCCCCOS(=O)(O)=S)cc1. The van der Waals surface area contributed by atoms with Crippen LogP contribution in [0.3, 0.4) is 0 Å². The van der Waals surface area contributed by atoms with E-state index in [1.165, 1.54) is 122 Å². The van der Waals surface area contributed by atoms with Crippen LogP contribution in [0.25, 0.3) is 6.08 Å². The van der Waals surface area contributed by atoms with Gasteiger partial charge >= 0.3 is 5.97 Å². The van der Waals surface area contributed by atoms with Gasteiger partial charge in [-0.2, -0.15) is 4.21 Å². The molecule has 0 aliphatic heterocycles. The summed E-state index contributed by atoms with van der Waals surface area (Å²) in [6.07, 6.45) is 31.8. The highest BCUT2D eigenvalue weighted by molar-refractivity contribution is 8.27. The van der Waals surface area contributed by atoms with Crippen molar-refractivity contribution in [2.75, 3.05) is 39.6 Å². The van der Waals surface area contributed by atoms with Gasteiger partial charge in [-0.3, -0.25) is 8.74 Å². The number of aliphatic carboxylic acids is 1. The number of hydrogen-bond donors (Lipinski definition) is 2. The summed E-state index contributed by atoms with van der Waals surface area (Å²) in [7, 11) is -3.45. The minimum atomic E-state index is -3.45. The van der Waals surface area contributed by atoms with Crippen LogP contribution in [0.5, 0.6) is 5.75 Å². The van der Waals surface area contributed by atoms with Crippen molar-refractivity contribution in [2.45, 2.75) is 154 Å². The molecule has 1 unspecified atom stereocenters. The van der Waals surface area contributed by atoms with Crippen molar-refractivity contribution in [3.05, 3.63) is 35.9 Å². The van der Waals surface area contributed by atoms with Crippen LogP contribution in [0.1, 0.15) is 160 Å². The molecule has 49 heavy (non-hydrogen) atoms. The topological polar surface area (TPSA) is 112 Å². The average molecular weight is 729 g/mol. The molecular formula is C39H68O8S2. The third-order valence-electron chi connectivity index (χ3n) is 8.49. The third-order valence-corrected chi connectivity index (χ3v) is 9.25. The fourth-order valence-corrected chi connectivity index (χ4v) is 6.14. The van der Waals surface area contributed by atoms with E-state index in [0.717, 1.165) is 82.5 Å². The quantitative estimate of drug-likeness (QED) is 0.0511. The van der Waals surface area contributed by atoms with Gasteiger partial charge in [-0.1, -0.05) is 128 Å². The summed E-state index contributed by atoms with van der Waals surface area (Å²) in [5.74, 6) is -0.113. The average Bonchev–Trinajstić information content (AvgIpc) is 3.07. The number of rotatable bonds is 37. The monoisotopic (exact) mass is 728 g/mol. The Morgan fingerprint density at radius 1 is 0.551 bits per heavy atom. The van der Waals surface area contributed by atoms with E-state index in [-0.39, 0.29) is 6.61 Å². The van der Waals surface area contributed by atoms with Crippen LogP contribution in [0, 0.1) is 0 Å². The molecule has 10 heteroatoms. The van der Waals surface area contributed by atoms with E-state index < -0.39 is 15.0 Å². The standard InChI is InChI=1S/C39H68O8S2/c40-39(41)30-27-37-25-28-38(29-26-37)46-35-23-17-11-5-3-9-15-21-33-44-31-19-13-7-1-2-8-14-20-32-45-34-22-16-10-4-6-12-18-24-36-47-49(42,43)48/h25-30H,1-24,31-36H2,(H,40,41)(H,42,43,48)/b30-27+. The highest BCUT2D eigenvalue weighted by Gasteiger charge is 2.00. The van der Waals surface area contributed by atoms with E-state index in [1.807, 2.05) is 24.3 Å². The predicted molar refractivity (Wildman–Crippen MR) is 205 cm³/mol. The Morgan fingerprint density at radius 3 is 1.22 bits per heavy atom. The first kappa shape index (κ1) is 45.5. The lowest BCUT2D eigenvalue weighted by atomic mass is 10.1. The largest absolute Gasteiger partial charge is 0.494 e. The van der Waals surface area contributed by atoms with E-state index in [1.54, 1.807) is 6.08 Å². The predicted octanol–water partition coefficient (Wildman–Crippen LogP) is 10.7. The smallest absolute Gasteiger partial charge is 0.328 e. The van der Waals surface area contributed by atoms with Gasteiger partial charge in [0.15, 0.2) is 0 Å². The number of unbranched alkanes of at least 4 members (excludes halogenated alkanes) is 21. The Bertz CT molecular complexity index is 1010. The summed E-state index contributed by atoms with van der Waals surface area (Å²) < 4.78 is 41.8. The summed E-state index contributed by atoms with van der Waals surface area (Å²) >= 11 is 4.29. The first-order valence-corrected chi connectivity index (χ1v) is 21.6. The van der Waals surface area contributed by atoms with Gasteiger partial charge in [-0.25, -0.2) is 4.79 Å². The van der Waals surface area contributed by atoms with Crippen molar-refractivity contribution in [2.24, 2.45) is 0 Å². The second kappa shape index (κ2) is 33.6. The van der Waals surface area contributed by atoms with Crippen molar-refractivity contribution in [3.63, 3.8) is 0 Å². The summed E-state index contributed by atoms with van der Waals surface area (Å²) in [4.78, 5) is 10.6. The lowest BCUT2D eigenvalue weighted by molar-refractivity contribution is -0.131. The van der Waals surface area contributed by atoms with E-state index in [4.69, 9.17) is 23.9 Å². The van der Waals surface area contributed by atoms with Gasteiger partial charge in [0, 0.05) is 43.7 Å². The fraction of sp³-hybridized carbons (Fsp3) is 0.769. The van der Waals surface area contributed by atoms with Gasteiger partial charge in [0.1, 0.15) is 5.75 Å². The maximum atomic E-state index is 10.8. The molecule has 0 saturated heterocycles. The lowest BCUT2D eigenvalue weighted by Gasteiger charge is -2.07. The molecular weight excluding hydrogens is 661 g/mol. The zero-order valence-corrected chi connectivity index (χ0v) is 32.0. The van der Waals surface area contributed by atoms with Gasteiger partial charge in [0.25, 0.3) is 9.05 Å². The van der Waals surface area contributed by atoms with E-state index in [9.17, 15) is 9.00 Å². The Balaban J connectivity index is 1.68. The Morgan fingerprint density at radius 2 is 0.878 bits per heavy atom. The van der Waals surface area contributed by atoms with Crippen LogP contribution in [-0.4, -0.2) is 59.5 Å². The molecule has 0 heterocycles. The molecule has 284 valence electrons. The van der Waals surface area contributed by atoms with Crippen LogP contribution in [-0.2, 0) is 38.7 Å². The molecule has 1 aromatic rings. The number of carboxylic acid groups (broad SMARTS) is 1. The lowest BCUT2D eigenvalue weighted by Crippen LogP contribution is -2.03. The fourth-order valence-electron chi connectivity index (χ4n) is 5.60. The van der Waals surface area contributed by atoms with Gasteiger partial charge in [0.2, 0.25) is 0 Å². The highest BCUT2D eigenvalue weighted by Crippen LogP contribution is 2.15. The van der Waals surface area contributed by atoms with Crippen LogP contribution < -0.4 is 4.74 Å². The third kappa shape index (κ3) is 34.7. The molecule has 8 nitrogen and oxygen atoms in total. The maximum Gasteiger partial charge on any atom is 0.328 e. The molecule has 2 N–H and O–H groups in total. The van der Waals surface area contributed by atoms with E-state index in [0.29, 0.717) is 0 Å². The maximum absolute atomic E-state index is 10.8. The van der Waals surface area contributed by atoms with E-state index >= 15 is 0 Å². The summed E-state index contributed by atoms with van der Waals surface area (Å²) in [5, 5.41) is 8.69. The second-order valence-electron chi connectivity index (χ2n) is 13.0. The minimum absolute atomic E-state index is 0.273. The Labute approximate surface area is 303 Å². The number of benzene rings is 1. The minimum Gasteiger partial charge on any atom is -0.494 e. The number of carboxylic acids is 1. The summed E-state index contributed by atoms with van der Waals surface area (Å²) in [6.45, 7) is 4.60. The number of carbonyl (C=O) groups is 1. The summed E-state index contributed by atoms with van der Waals surface area (Å²) in [6, 6.07) is 7.51. The van der Waals surface area contributed by atoms with Crippen LogP contribution in [0.4, 0.5) is 0 Å². The molecule has 1 atom stereocenters. The molecule has 0 fully saturated rings. The van der Waals surface area contributed by atoms with Gasteiger partial charge in [-0.05, 0) is 62.3 Å². The molecule has 0 bridgehead atoms. The van der Waals surface area contributed by atoms with Crippen molar-refractivity contribution < 1.29 is 37.1 Å². The summed E-state index contributed by atoms with van der Waals surface area (Å²) in [5.41, 5.74) is 0.853. The molecule has 1 rings (SSSR count). The Hall–Kier alpha value is -1.56. The molecule has 1 aromatic carbocycles. The van der Waals surface area contributed by atoms with Crippen molar-refractivity contribution >= 4 is 32.3 Å². The number of ether oxygens (including phenoxy) is 3. The van der Waals surface area contributed by atoms with Gasteiger partial charge in [-0.15, -0.1) is 0 Å². The molecule has 0 spiro atoms. The van der Waals surface area contributed by atoms with Gasteiger partial charge in [0.05, 0.1) is 13.2 Å². The molecule has 0 aromatic heterocycles. The van der Waals surface area contributed by atoms with Crippen molar-refractivity contribution in [1.29, 1.82) is 0 Å². The first-order valence-electron chi connectivity index (χ1n) is 19.3. The van der Waals surface area contributed by atoms with E-state index in [2.05, 4.69) is 15.4 Å². The van der Waals surface area contributed by atoms with Crippen LogP contribution in [0.2, 0.25) is 0 Å². The molecule has 0 amide bonds. The normalized spacial score (nSPS) is 12.8. The molecule has 0 saturated carbocycles. The van der Waals surface area contributed by atoms with Crippen molar-refractivity contribution in [1.82, 2.24) is 0 Å². The zero-order chi connectivity index (χ0) is 35.5. The highest BCUT2D eigenvalue weighted by atomic mass is 32.9. The first-order chi connectivity index (χ1) is 23.9.